The van der Waals surface area contributed by atoms with Crippen LogP contribution >= 0.6 is 0 Å². The third-order valence-electron chi connectivity index (χ3n) is 7.37. The lowest BCUT2D eigenvalue weighted by molar-refractivity contribution is -0.0819. The van der Waals surface area contributed by atoms with Crippen LogP contribution in [0, 0.1) is 23.4 Å². The second-order valence-corrected chi connectivity index (χ2v) is 10.5. The molecule has 1 saturated heterocycles. The molecule has 0 aliphatic carbocycles. The van der Waals surface area contributed by atoms with Crippen molar-refractivity contribution in [1.29, 1.82) is 0 Å². The van der Waals surface area contributed by atoms with Gasteiger partial charge in [-0.25, -0.2) is 22.0 Å². The van der Waals surface area contributed by atoms with E-state index in [4.69, 9.17) is 5.11 Å². The Labute approximate surface area is 223 Å². The van der Waals surface area contributed by atoms with Crippen LogP contribution in [0.5, 0.6) is 0 Å². The van der Waals surface area contributed by atoms with Crippen LogP contribution in [0.1, 0.15) is 36.3 Å². The Hall–Kier alpha value is -2.60. The minimum absolute atomic E-state index is 0.0363. The maximum absolute atomic E-state index is 13.4. The van der Waals surface area contributed by atoms with Crippen molar-refractivity contribution in [2.75, 3.05) is 39.5 Å². The van der Waals surface area contributed by atoms with Gasteiger partial charge in [0.1, 0.15) is 24.1 Å². The molecule has 2 aromatic carbocycles. The fraction of sp³-hybridized carbons (Fsp3) is 0.500. The van der Waals surface area contributed by atoms with Gasteiger partial charge in [0.25, 0.3) is 5.92 Å². The number of alkyl halides is 3. The van der Waals surface area contributed by atoms with Crippen molar-refractivity contribution in [3.05, 3.63) is 70.7 Å². The molecule has 3 heterocycles. The van der Waals surface area contributed by atoms with Gasteiger partial charge in [0.05, 0.1) is 19.3 Å². The highest BCUT2D eigenvalue weighted by molar-refractivity contribution is 5.85. The van der Waals surface area contributed by atoms with E-state index in [9.17, 15) is 31.4 Å². The van der Waals surface area contributed by atoms with E-state index in [0.29, 0.717) is 39.0 Å². The van der Waals surface area contributed by atoms with Gasteiger partial charge in [-0.3, -0.25) is 9.29 Å². The lowest BCUT2D eigenvalue weighted by Gasteiger charge is -2.41. The molecule has 2 aliphatic rings. The molecule has 0 radical (unpaired) electrons. The highest BCUT2D eigenvalue weighted by Gasteiger charge is 2.36. The molecule has 1 fully saturated rings. The third-order valence-corrected chi connectivity index (χ3v) is 7.37. The first kappa shape index (κ1) is 29.4. The van der Waals surface area contributed by atoms with E-state index < -0.39 is 36.8 Å². The van der Waals surface area contributed by atoms with E-state index in [-0.39, 0.29) is 30.0 Å². The molecular weight excluding hydrogens is 524 g/mol. The molecule has 214 valence electrons. The standard InChI is InChI=1S/C15H17F3N2O.C13H16F3NO/c1-9-4-11-12-5-10(16)2-3-13(12)19-14(11)6-20(9)7-15(17,18)8-21;14-2-1-3-17-7-10(8-17)13(18)9-4-11(15)6-12(16)5-9/h2-3,5,9,19,21H,4,6-8H2,1H3;4-6,10,13,18H,1-3,7-8H2/t9-;13-/m10/s1. The molecule has 0 spiro atoms. The first-order valence-corrected chi connectivity index (χ1v) is 12.9. The topological polar surface area (TPSA) is 62.7 Å². The van der Waals surface area contributed by atoms with Crippen molar-refractivity contribution in [1.82, 2.24) is 14.8 Å². The number of H-pyrrole nitrogens is 1. The molecule has 2 aliphatic heterocycles. The number of aromatic nitrogens is 1. The monoisotopic (exact) mass is 557 g/mol. The quantitative estimate of drug-likeness (QED) is 0.343. The average molecular weight is 558 g/mol. The summed E-state index contributed by atoms with van der Waals surface area (Å²) in [5, 5.41) is 19.5. The number of aromatic amines is 1. The van der Waals surface area contributed by atoms with Gasteiger partial charge in [-0.05, 0) is 61.2 Å². The number of nitrogens with one attached hydrogen (secondary N) is 1. The van der Waals surface area contributed by atoms with Crippen LogP contribution in [0.3, 0.4) is 0 Å². The Balaban J connectivity index is 0.000000183. The van der Waals surface area contributed by atoms with Gasteiger partial charge in [0.15, 0.2) is 0 Å². The van der Waals surface area contributed by atoms with Crippen molar-refractivity contribution in [2.24, 2.45) is 5.92 Å². The number of rotatable bonds is 8. The number of aliphatic hydroxyl groups is 2. The van der Waals surface area contributed by atoms with Crippen molar-refractivity contribution in [3.8, 4) is 0 Å². The first-order chi connectivity index (χ1) is 18.5. The molecule has 39 heavy (non-hydrogen) atoms. The Kier molecular flexibility index (Phi) is 9.25. The smallest absolute Gasteiger partial charge is 0.283 e. The lowest BCUT2D eigenvalue weighted by Crippen LogP contribution is -2.49. The predicted molar refractivity (Wildman–Crippen MR) is 136 cm³/mol. The highest BCUT2D eigenvalue weighted by atomic mass is 19.3. The molecule has 0 bridgehead atoms. The highest BCUT2D eigenvalue weighted by Crippen LogP contribution is 2.32. The number of likely N-dealkylation sites (tertiary alicyclic amines) is 1. The molecule has 0 amide bonds. The van der Waals surface area contributed by atoms with Gasteiger partial charge >= 0.3 is 0 Å². The van der Waals surface area contributed by atoms with E-state index in [1.54, 1.807) is 11.0 Å². The number of benzene rings is 2. The van der Waals surface area contributed by atoms with Crippen molar-refractivity contribution in [2.45, 2.75) is 44.4 Å². The normalized spacial score (nSPS) is 19.4. The molecule has 5 rings (SSSR count). The van der Waals surface area contributed by atoms with E-state index >= 15 is 0 Å². The number of aliphatic hydroxyl groups excluding tert-OH is 2. The number of nitrogens with zero attached hydrogens (tertiary/aromatic N) is 2. The number of hydrogen-bond acceptors (Lipinski definition) is 4. The third kappa shape index (κ3) is 7.13. The van der Waals surface area contributed by atoms with Gasteiger partial charge < -0.3 is 20.1 Å². The maximum Gasteiger partial charge on any atom is 0.283 e. The average Bonchev–Trinajstić information content (AvgIpc) is 3.19. The zero-order chi connectivity index (χ0) is 28.3. The molecule has 3 N–H and O–H groups in total. The molecule has 2 atom stereocenters. The Morgan fingerprint density at radius 1 is 1.05 bits per heavy atom. The van der Waals surface area contributed by atoms with Crippen molar-refractivity contribution < 1.29 is 36.6 Å². The summed E-state index contributed by atoms with van der Waals surface area (Å²) in [5.74, 6) is -4.81. The number of hydrogen-bond donors (Lipinski definition) is 3. The molecule has 11 heteroatoms. The van der Waals surface area contributed by atoms with Gasteiger partial charge in [0, 0.05) is 60.8 Å². The van der Waals surface area contributed by atoms with E-state index in [1.807, 2.05) is 11.8 Å². The van der Waals surface area contributed by atoms with Crippen LogP contribution in [0.15, 0.2) is 36.4 Å². The summed E-state index contributed by atoms with van der Waals surface area (Å²) in [6.07, 6.45) is 0.203. The molecular formula is C28H33F6N3O2. The van der Waals surface area contributed by atoms with Gasteiger partial charge in [0.2, 0.25) is 0 Å². The summed E-state index contributed by atoms with van der Waals surface area (Å²) in [6.45, 7) is 2.18. The number of halogens is 6. The summed E-state index contributed by atoms with van der Waals surface area (Å²) in [7, 11) is 0. The fourth-order valence-corrected chi connectivity index (χ4v) is 5.28. The largest absolute Gasteiger partial charge is 0.390 e. The van der Waals surface area contributed by atoms with Crippen LogP contribution in [0.2, 0.25) is 0 Å². The SMILES string of the molecule is C[C@@H]1Cc2c([nH]c3ccc(F)cc23)CN1CC(F)(F)CO.O[C@@H](c1cc(F)cc(F)c1)C1CN(CCCF)C1. The Morgan fingerprint density at radius 2 is 1.74 bits per heavy atom. The Morgan fingerprint density at radius 3 is 2.38 bits per heavy atom. The second-order valence-electron chi connectivity index (χ2n) is 10.5. The second kappa shape index (κ2) is 12.3. The summed E-state index contributed by atoms with van der Waals surface area (Å²) in [6, 6.07) is 7.53. The van der Waals surface area contributed by atoms with Gasteiger partial charge in [-0.1, -0.05) is 0 Å². The minimum Gasteiger partial charge on any atom is -0.390 e. The van der Waals surface area contributed by atoms with Crippen LogP contribution in [-0.4, -0.2) is 76.4 Å². The molecule has 3 aromatic rings. The van der Waals surface area contributed by atoms with Gasteiger partial charge in [-0.15, -0.1) is 0 Å². The molecule has 0 saturated carbocycles. The van der Waals surface area contributed by atoms with Crippen molar-refractivity contribution >= 4 is 10.9 Å². The van der Waals surface area contributed by atoms with E-state index in [2.05, 4.69) is 4.98 Å². The summed E-state index contributed by atoms with van der Waals surface area (Å²) < 4.78 is 78.2. The van der Waals surface area contributed by atoms with E-state index in [1.165, 1.54) is 12.1 Å². The van der Waals surface area contributed by atoms with Crippen LogP contribution < -0.4 is 0 Å². The molecule has 0 unspecified atom stereocenters. The molecule has 5 nitrogen and oxygen atoms in total. The summed E-state index contributed by atoms with van der Waals surface area (Å²) >= 11 is 0. The minimum atomic E-state index is -3.11. The summed E-state index contributed by atoms with van der Waals surface area (Å²) in [4.78, 5) is 6.84. The van der Waals surface area contributed by atoms with Crippen LogP contribution in [0.4, 0.5) is 26.3 Å². The van der Waals surface area contributed by atoms with E-state index in [0.717, 1.165) is 40.4 Å². The number of fused-ring (bicyclic) bond motifs is 3. The molecule has 1 aromatic heterocycles. The predicted octanol–water partition coefficient (Wildman–Crippen LogP) is 4.97. The summed E-state index contributed by atoms with van der Waals surface area (Å²) in [5.41, 5.74) is 2.94. The maximum atomic E-state index is 13.4. The zero-order valence-electron chi connectivity index (χ0n) is 21.6. The van der Waals surface area contributed by atoms with Crippen LogP contribution in [0.25, 0.3) is 10.9 Å². The lowest BCUT2D eigenvalue weighted by atomic mass is 9.89. The first-order valence-electron chi connectivity index (χ1n) is 12.9. The Bertz CT molecular complexity index is 1240. The van der Waals surface area contributed by atoms with Crippen LogP contribution in [-0.2, 0) is 13.0 Å². The fourth-order valence-electron chi connectivity index (χ4n) is 5.28. The van der Waals surface area contributed by atoms with Crippen molar-refractivity contribution in [3.63, 3.8) is 0 Å². The van der Waals surface area contributed by atoms with Gasteiger partial charge in [-0.2, -0.15) is 0 Å². The zero-order valence-corrected chi connectivity index (χ0v) is 21.6.